The van der Waals surface area contributed by atoms with Crippen LogP contribution in [0.3, 0.4) is 0 Å². The Morgan fingerprint density at radius 2 is 2.20 bits per heavy atom. The first-order valence-electron chi connectivity index (χ1n) is 4.37. The van der Waals surface area contributed by atoms with E-state index in [0.29, 0.717) is 5.82 Å². The van der Waals surface area contributed by atoms with Crippen molar-refractivity contribution in [3.63, 3.8) is 0 Å². The Bertz CT molecular complexity index is 488. The molecule has 0 atom stereocenters. The lowest BCUT2D eigenvalue weighted by atomic mass is 10.3. The van der Waals surface area contributed by atoms with Crippen LogP contribution >= 0.6 is 0 Å². The maximum Gasteiger partial charge on any atom is 0.356 e. The predicted molar refractivity (Wildman–Crippen MR) is 53.1 cm³/mol. The molecule has 76 valence electrons. The maximum absolute atomic E-state index is 10.6. The molecule has 0 aromatic carbocycles. The number of rotatable bonds is 2. The SMILES string of the molecule is Cc1ccc(-n2cnc(C(=O)O)c2)nc1. The first kappa shape index (κ1) is 9.39. The van der Waals surface area contributed by atoms with E-state index in [4.69, 9.17) is 5.11 Å². The highest BCUT2D eigenvalue weighted by Crippen LogP contribution is 2.06. The van der Waals surface area contributed by atoms with Crippen LogP contribution in [0.1, 0.15) is 16.1 Å². The van der Waals surface area contributed by atoms with Gasteiger partial charge in [0.2, 0.25) is 0 Å². The van der Waals surface area contributed by atoms with Gasteiger partial charge in [-0.2, -0.15) is 0 Å². The predicted octanol–water partition coefficient (Wildman–Crippen LogP) is 1.27. The molecule has 5 nitrogen and oxygen atoms in total. The molecule has 2 rings (SSSR count). The third-order valence-electron chi connectivity index (χ3n) is 1.96. The van der Waals surface area contributed by atoms with Gasteiger partial charge in [-0.3, -0.25) is 4.57 Å². The molecule has 0 bridgehead atoms. The fourth-order valence-corrected chi connectivity index (χ4v) is 1.17. The highest BCUT2D eigenvalue weighted by atomic mass is 16.4. The van der Waals surface area contributed by atoms with Crippen LogP contribution in [0.4, 0.5) is 0 Å². The Labute approximate surface area is 86.0 Å². The average molecular weight is 203 g/mol. The van der Waals surface area contributed by atoms with E-state index in [1.165, 1.54) is 12.5 Å². The van der Waals surface area contributed by atoms with Crippen LogP contribution in [0.25, 0.3) is 5.82 Å². The van der Waals surface area contributed by atoms with Crippen LogP contribution in [-0.2, 0) is 0 Å². The van der Waals surface area contributed by atoms with Crippen molar-refractivity contribution in [3.05, 3.63) is 42.1 Å². The highest BCUT2D eigenvalue weighted by Gasteiger charge is 2.07. The quantitative estimate of drug-likeness (QED) is 0.798. The molecule has 0 aliphatic rings. The minimum atomic E-state index is -1.04. The number of imidazole rings is 1. The zero-order chi connectivity index (χ0) is 10.8. The molecule has 0 radical (unpaired) electrons. The topological polar surface area (TPSA) is 68.0 Å². The van der Waals surface area contributed by atoms with Crippen molar-refractivity contribution < 1.29 is 9.90 Å². The van der Waals surface area contributed by atoms with Gasteiger partial charge in [0.05, 0.1) is 0 Å². The number of aromatic nitrogens is 3. The molecule has 0 fully saturated rings. The van der Waals surface area contributed by atoms with Crippen LogP contribution in [0, 0.1) is 6.92 Å². The molecule has 0 saturated heterocycles. The molecule has 0 saturated carbocycles. The van der Waals surface area contributed by atoms with Gasteiger partial charge in [-0.05, 0) is 18.6 Å². The third-order valence-corrected chi connectivity index (χ3v) is 1.96. The lowest BCUT2D eigenvalue weighted by Crippen LogP contribution is -1.96. The summed E-state index contributed by atoms with van der Waals surface area (Å²) in [5, 5.41) is 8.69. The summed E-state index contributed by atoms with van der Waals surface area (Å²) in [6.45, 7) is 1.94. The second kappa shape index (κ2) is 3.53. The molecule has 0 spiro atoms. The zero-order valence-electron chi connectivity index (χ0n) is 8.08. The number of pyridine rings is 1. The summed E-state index contributed by atoms with van der Waals surface area (Å²) in [7, 11) is 0. The fourth-order valence-electron chi connectivity index (χ4n) is 1.17. The van der Waals surface area contributed by atoms with Crippen molar-refractivity contribution in [3.8, 4) is 5.82 Å². The monoisotopic (exact) mass is 203 g/mol. The van der Waals surface area contributed by atoms with Crippen molar-refractivity contribution in [1.82, 2.24) is 14.5 Å². The van der Waals surface area contributed by atoms with Crippen molar-refractivity contribution in [2.45, 2.75) is 6.92 Å². The molecule has 15 heavy (non-hydrogen) atoms. The molecule has 5 heteroatoms. The zero-order valence-corrected chi connectivity index (χ0v) is 8.08. The van der Waals surface area contributed by atoms with Gasteiger partial charge in [-0.1, -0.05) is 6.07 Å². The number of nitrogens with zero attached hydrogens (tertiary/aromatic N) is 3. The number of hydrogen-bond acceptors (Lipinski definition) is 3. The van der Waals surface area contributed by atoms with Crippen molar-refractivity contribution in [2.75, 3.05) is 0 Å². The van der Waals surface area contributed by atoms with E-state index in [9.17, 15) is 4.79 Å². The van der Waals surface area contributed by atoms with Gasteiger partial charge in [-0.15, -0.1) is 0 Å². The van der Waals surface area contributed by atoms with Crippen molar-refractivity contribution in [1.29, 1.82) is 0 Å². The average Bonchev–Trinajstić information content (AvgIpc) is 2.68. The first-order valence-corrected chi connectivity index (χ1v) is 4.37. The Morgan fingerprint density at radius 1 is 1.40 bits per heavy atom. The van der Waals surface area contributed by atoms with Crippen molar-refractivity contribution >= 4 is 5.97 Å². The maximum atomic E-state index is 10.6. The van der Waals surface area contributed by atoms with E-state index in [0.717, 1.165) is 5.56 Å². The standard InChI is InChI=1S/C10H9N3O2/c1-7-2-3-9(11-4-7)13-5-8(10(14)15)12-6-13/h2-6H,1H3,(H,14,15). The summed E-state index contributed by atoms with van der Waals surface area (Å²) in [6, 6.07) is 3.71. The van der Waals surface area contributed by atoms with Crippen LogP contribution in [0.5, 0.6) is 0 Å². The van der Waals surface area contributed by atoms with Crippen LogP contribution in [0.2, 0.25) is 0 Å². The Kier molecular flexibility index (Phi) is 2.21. The molecule has 0 unspecified atom stereocenters. The number of aryl methyl sites for hydroxylation is 1. The Balaban J connectivity index is 2.37. The molecule has 0 aliphatic carbocycles. The first-order chi connectivity index (χ1) is 7.16. The molecular weight excluding hydrogens is 194 g/mol. The summed E-state index contributed by atoms with van der Waals surface area (Å²) in [5.74, 6) is -0.388. The van der Waals surface area contributed by atoms with Crippen LogP contribution in [0.15, 0.2) is 30.9 Å². The minimum Gasteiger partial charge on any atom is -0.476 e. The Morgan fingerprint density at radius 3 is 2.73 bits per heavy atom. The molecule has 0 amide bonds. The molecule has 2 heterocycles. The minimum absolute atomic E-state index is 0.0115. The molecular formula is C10H9N3O2. The smallest absolute Gasteiger partial charge is 0.356 e. The lowest BCUT2D eigenvalue weighted by molar-refractivity contribution is 0.0691. The number of aromatic carboxylic acids is 1. The van der Waals surface area contributed by atoms with Crippen molar-refractivity contribution in [2.24, 2.45) is 0 Å². The third kappa shape index (κ3) is 1.85. The summed E-state index contributed by atoms with van der Waals surface area (Å²) in [6.07, 6.45) is 4.58. The fraction of sp³-hybridized carbons (Fsp3) is 0.100. The van der Waals surface area contributed by atoms with Gasteiger partial charge >= 0.3 is 5.97 Å². The van der Waals surface area contributed by atoms with Crippen LogP contribution in [-0.4, -0.2) is 25.6 Å². The normalized spacial score (nSPS) is 10.2. The molecule has 0 aliphatic heterocycles. The summed E-state index contributed by atoms with van der Waals surface area (Å²) in [5.41, 5.74) is 1.06. The lowest BCUT2D eigenvalue weighted by Gasteiger charge is -1.99. The van der Waals surface area contributed by atoms with E-state index in [1.54, 1.807) is 10.8 Å². The summed E-state index contributed by atoms with van der Waals surface area (Å²) >= 11 is 0. The summed E-state index contributed by atoms with van der Waals surface area (Å²) in [4.78, 5) is 18.5. The summed E-state index contributed by atoms with van der Waals surface area (Å²) < 4.78 is 1.57. The second-order valence-electron chi connectivity index (χ2n) is 3.17. The van der Waals surface area contributed by atoms with Gasteiger partial charge in [0, 0.05) is 12.4 Å². The van der Waals surface area contributed by atoms with Gasteiger partial charge in [-0.25, -0.2) is 14.8 Å². The van der Waals surface area contributed by atoms with E-state index in [1.807, 2.05) is 19.1 Å². The largest absolute Gasteiger partial charge is 0.476 e. The molecule has 2 aromatic rings. The number of carboxylic acids is 1. The second-order valence-corrected chi connectivity index (χ2v) is 3.17. The molecule has 2 aromatic heterocycles. The van der Waals surface area contributed by atoms with E-state index in [2.05, 4.69) is 9.97 Å². The van der Waals surface area contributed by atoms with Gasteiger partial charge < -0.3 is 5.11 Å². The van der Waals surface area contributed by atoms with Crippen LogP contribution < -0.4 is 0 Å². The Hall–Kier alpha value is -2.17. The van der Waals surface area contributed by atoms with E-state index >= 15 is 0 Å². The molecule has 1 N–H and O–H groups in total. The number of carboxylic acid groups (broad SMARTS) is 1. The number of hydrogen-bond donors (Lipinski definition) is 1. The highest BCUT2D eigenvalue weighted by molar-refractivity contribution is 5.85. The van der Waals surface area contributed by atoms with Gasteiger partial charge in [0.25, 0.3) is 0 Å². The van der Waals surface area contributed by atoms with Gasteiger partial charge in [0.15, 0.2) is 5.69 Å². The number of carbonyl (C=O) groups is 1. The van der Waals surface area contributed by atoms with E-state index in [-0.39, 0.29) is 5.69 Å². The van der Waals surface area contributed by atoms with Gasteiger partial charge in [0.1, 0.15) is 12.1 Å². The van der Waals surface area contributed by atoms with E-state index < -0.39 is 5.97 Å².